The largest absolute Gasteiger partial charge is 0.464 e. The van der Waals surface area contributed by atoms with E-state index in [-0.39, 0.29) is 17.7 Å². The van der Waals surface area contributed by atoms with Gasteiger partial charge in [0.15, 0.2) is 0 Å². The van der Waals surface area contributed by atoms with E-state index in [0.717, 1.165) is 22.8 Å². The van der Waals surface area contributed by atoms with E-state index in [9.17, 15) is 9.59 Å². The van der Waals surface area contributed by atoms with Gasteiger partial charge in [0.05, 0.1) is 6.54 Å². The van der Waals surface area contributed by atoms with Crippen LogP contribution in [0.4, 0.5) is 5.69 Å². The average molecular weight is 326 g/mol. The SMILES string of the molecule is Cc1ccc(CN(C)C(=O)CCC2Cc3ccccc3NC2=O)o1. The van der Waals surface area contributed by atoms with Crippen molar-refractivity contribution < 1.29 is 14.0 Å². The van der Waals surface area contributed by atoms with E-state index in [1.165, 1.54) is 0 Å². The van der Waals surface area contributed by atoms with Crippen LogP contribution in [0.15, 0.2) is 40.8 Å². The summed E-state index contributed by atoms with van der Waals surface area (Å²) in [6.45, 7) is 2.33. The van der Waals surface area contributed by atoms with Crippen molar-refractivity contribution in [2.24, 2.45) is 5.92 Å². The highest BCUT2D eigenvalue weighted by atomic mass is 16.3. The van der Waals surface area contributed by atoms with Crippen molar-refractivity contribution in [1.29, 1.82) is 0 Å². The monoisotopic (exact) mass is 326 g/mol. The van der Waals surface area contributed by atoms with Gasteiger partial charge in [0, 0.05) is 25.1 Å². The van der Waals surface area contributed by atoms with Gasteiger partial charge < -0.3 is 14.6 Å². The van der Waals surface area contributed by atoms with E-state index in [0.29, 0.717) is 25.8 Å². The second kappa shape index (κ2) is 6.91. The molecular weight excluding hydrogens is 304 g/mol. The van der Waals surface area contributed by atoms with Crippen molar-refractivity contribution in [3.8, 4) is 0 Å². The number of para-hydroxylation sites is 1. The molecule has 0 fully saturated rings. The maximum absolute atomic E-state index is 12.3. The quantitative estimate of drug-likeness (QED) is 0.918. The molecule has 5 heteroatoms. The van der Waals surface area contributed by atoms with E-state index in [2.05, 4.69) is 5.32 Å². The van der Waals surface area contributed by atoms with Crippen LogP contribution in [0, 0.1) is 12.8 Å². The van der Waals surface area contributed by atoms with Crippen LogP contribution in [0.3, 0.4) is 0 Å². The van der Waals surface area contributed by atoms with Gasteiger partial charge >= 0.3 is 0 Å². The van der Waals surface area contributed by atoms with Crippen LogP contribution in [-0.2, 0) is 22.6 Å². The molecule has 5 nitrogen and oxygen atoms in total. The molecular formula is C19H22N2O3. The zero-order valence-electron chi connectivity index (χ0n) is 14.0. The van der Waals surface area contributed by atoms with Crippen LogP contribution >= 0.6 is 0 Å². The number of nitrogens with zero attached hydrogens (tertiary/aromatic N) is 1. The number of hydrogen-bond donors (Lipinski definition) is 1. The molecule has 0 bridgehead atoms. The third kappa shape index (κ3) is 3.67. The van der Waals surface area contributed by atoms with Gasteiger partial charge in [0.1, 0.15) is 11.5 Å². The zero-order chi connectivity index (χ0) is 17.1. The molecule has 126 valence electrons. The van der Waals surface area contributed by atoms with Crippen LogP contribution < -0.4 is 5.32 Å². The molecule has 1 atom stereocenters. The first-order valence-corrected chi connectivity index (χ1v) is 8.21. The van der Waals surface area contributed by atoms with Gasteiger partial charge in [-0.15, -0.1) is 0 Å². The molecule has 1 aromatic heterocycles. The molecule has 0 aliphatic carbocycles. The van der Waals surface area contributed by atoms with Crippen molar-refractivity contribution in [2.75, 3.05) is 12.4 Å². The van der Waals surface area contributed by atoms with E-state index >= 15 is 0 Å². The number of hydrogen-bond acceptors (Lipinski definition) is 3. The van der Waals surface area contributed by atoms with Gasteiger partial charge in [-0.25, -0.2) is 0 Å². The van der Waals surface area contributed by atoms with Crippen molar-refractivity contribution >= 4 is 17.5 Å². The number of amides is 2. The molecule has 1 unspecified atom stereocenters. The maximum Gasteiger partial charge on any atom is 0.227 e. The lowest BCUT2D eigenvalue weighted by atomic mass is 9.89. The molecule has 24 heavy (non-hydrogen) atoms. The van der Waals surface area contributed by atoms with Crippen molar-refractivity contribution in [1.82, 2.24) is 4.90 Å². The number of benzene rings is 1. The molecule has 0 radical (unpaired) electrons. The number of carbonyl (C=O) groups is 2. The molecule has 0 spiro atoms. The Morgan fingerprint density at radius 1 is 1.29 bits per heavy atom. The van der Waals surface area contributed by atoms with Crippen LogP contribution in [0.25, 0.3) is 0 Å². The minimum absolute atomic E-state index is 0.00538. The van der Waals surface area contributed by atoms with E-state index in [1.807, 2.05) is 43.3 Å². The van der Waals surface area contributed by atoms with Crippen molar-refractivity contribution in [3.63, 3.8) is 0 Å². The van der Waals surface area contributed by atoms with Gasteiger partial charge in [0.25, 0.3) is 0 Å². The third-order valence-electron chi connectivity index (χ3n) is 4.43. The summed E-state index contributed by atoms with van der Waals surface area (Å²) in [4.78, 5) is 26.1. The third-order valence-corrected chi connectivity index (χ3v) is 4.43. The average Bonchev–Trinajstić information content (AvgIpc) is 2.97. The summed E-state index contributed by atoms with van der Waals surface area (Å²) in [7, 11) is 1.76. The van der Waals surface area contributed by atoms with Crippen molar-refractivity contribution in [3.05, 3.63) is 53.5 Å². The molecule has 0 saturated carbocycles. The standard InChI is InChI=1S/C19H22N2O3/c1-13-7-9-16(24-13)12-21(2)18(22)10-8-15-11-14-5-3-4-6-17(14)20-19(15)23/h3-7,9,15H,8,10-12H2,1-2H3,(H,20,23). The normalized spacial score (nSPS) is 16.4. The van der Waals surface area contributed by atoms with Gasteiger partial charge in [-0.05, 0) is 43.5 Å². The molecule has 1 aliphatic rings. The number of fused-ring (bicyclic) bond motifs is 1. The number of carbonyl (C=O) groups excluding carboxylic acids is 2. The molecule has 3 rings (SSSR count). The minimum atomic E-state index is -0.150. The molecule has 1 aliphatic heterocycles. The zero-order valence-corrected chi connectivity index (χ0v) is 14.0. The van der Waals surface area contributed by atoms with E-state index in [4.69, 9.17) is 4.42 Å². The Morgan fingerprint density at radius 2 is 2.08 bits per heavy atom. The Hall–Kier alpha value is -2.56. The fourth-order valence-electron chi connectivity index (χ4n) is 3.03. The number of aryl methyl sites for hydroxylation is 1. The maximum atomic E-state index is 12.3. The number of furan rings is 1. The molecule has 1 aromatic carbocycles. The smallest absolute Gasteiger partial charge is 0.227 e. The Labute approximate surface area is 141 Å². The number of anilines is 1. The lowest BCUT2D eigenvalue weighted by Gasteiger charge is -2.25. The first kappa shape index (κ1) is 16.3. The predicted molar refractivity (Wildman–Crippen MR) is 91.4 cm³/mol. The van der Waals surface area contributed by atoms with Gasteiger partial charge in [0.2, 0.25) is 11.8 Å². The summed E-state index contributed by atoms with van der Waals surface area (Å²) in [5.41, 5.74) is 2.02. The second-order valence-electron chi connectivity index (χ2n) is 6.35. The van der Waals surface area contributed by atoms with Crippen LogP contribution in [0.2, 0.25) is 0 Å². The first-order valence-electron chi connectivity index (χ1n) is 8.21. The van der Waals surface area contributed by atoms with Gasteiger partial charge in [-0.2, -0.15) is 0 Å². The van der Waals surface area contributed by atoms with Gasteiger partial charge in [-0.1, -0.05) is 18.2 Å². The summed E-state index contributed by atoms with van der Waals surface area (Å²) in [6.07, 6.45) is 1.60. The van der Waals surface area contributed by atoms with Crippen LogP contribution in [-0.4, -0.2) is 23.8 Å². The summed E-state index contributed by atoms with van der Waals surface area (Å²) < 4.78 is 5.50. The highest BCUT2D eigenvalue weighted by molar-refractivity contribution is 5.96. The fraction of sp³-hybridized carbons (Fsp3) is 0.368. The Balaban J connectivity index is 1.53. The summed E-state index contributed by atoms with van der Waals surface area (Å²) in [6, 6.07) is 11.6. The Morgan fingerprint density at radius 3 is 2.83 bits per heavy atom. The summed E-state index contributed by atoms with van der Waals surface area (Å²) >= 11 is 0. The first-order chi connectivity index (χ1) is 11.5. The van der Waals surface area contributed by atoms with Gasteiger partial charge in [-0.3, -0.25) is 9.59 Å². The second-order valence-corrected chi connectivity index (χ2v) is 6.35. The number of nitrogens with one attached hydrogen (secondary N) is 1. The van der Waals surface area contributed by atoms with Crippen LogP contribution in [0.1, 0.15) is 29.9 Å². The predicted octanol–water partition coefficient (Wildman–Crippen LogP) is 3.14. The summed E-state index contributed by atoms with van der Waals surface area (Å²) in [5, 5.41) is 2.93. The van der Waals surface area contributed by atoms with Crippen LogP contribution in [0.5, 0.6) is 0 Å². The van der Waals surface area contributed by atoms with E-state index < -0.39 is 0 Å². The number of rotatable bonds is 5. The lowest BCUT2D eigenvalue weighted by Crippen LogP contribution is -2.32. The topological polar surface area (TPSA) is 62.6 Å². The Bertz CT molecular complexity index is 751. The molecule has 1 N–H and O–H groups in total. The molecule has 2 heterocycles. The molecule has 2 amide bonds. The molecule has 0 saturated heterocycles. The minimum Gasteiger partial charge on any atom is -0.464 e. The van der Waals surface area contributed by atoms with E-state index in [1.54, 1.807) is 11.9 Å². The fourth-order valence-corrected chi connectivity index (χ4v) is 3.03. The highest BCUT2D eigenvalue weighted by Gasteiger charge is 2.26. The highest BCUT2D eigenvalue weighted by Crippen LogP contribution is 2.27. The Kier molecular flexibility index (Phi) is 4.69. The summed E-state index contributed by atoms with van der Waals surface area (Å²) in [5.74, 6) is 1.49. The lowest BCUT2D eigenvalue weighted by molar-refractivity contribution is -0.131. The van der Waals surface area contributed by atoms with Crippen molar-refractivity contribution in [2.45, 2.75) is 32.7 Å². The molecule has 2 aromatic rings.